The molecule has 0 saturated heterocycles. The second-order valence-corrected chi connectivity index (χ2v) is 29.5. The van der Waals surface area contributed by atoms with Gasteiger partial charge in [-0.25, -0.2) is 0 Å². The summed E-state index contributed by atoms with van der Waals surface area (Å²) in [4.78, 5) is 2.40. The molecule has 16 aromatic rings. The Morgan fingerprint density at radius 2 is 0.735 bits per heavy atom. The number of aromatic nitrogens is 2. The summed E-state index contributed by atoms with van der Waals surface area (Å²) in [5, 5.41) is 4.88. The van der Waals surface area contributed by atoms with Crippen LogP contribution in [-0.4, -0.2) is 9.13 Å². The standard InChI is InChI=1S/C95H75N3/c1-93(2,3)61-88(94(4,5)6)66-39-37-64(38-40-66)68-45-53-78-76-29-16-19-34-84(76)95(86(78)58-68)85-35-20-17-30-77(85)79-54-46-69(59-87(79)95)75-32-22-33-82-83-57-67(47-56-90(83)98(92(75)82)71-27-14-9-15-28-71)65-43-50-73(51-44-65)96(72-48-41-63(42-49-72)62-23-10-7-11-24-62)74-52-55-81-80-31-18-21-36-89(80)97(91(81)60-74)70-25-12-8-13-26-70/h7-60,88H,61H2,1-6H3. The fraction of sp³-hybridized carbons (Fsp3) is 0.116. The molecule has 0 bridgehead atoms. The minimum Gasteiger partial charge on any atom is -0.310 e. The van der Waals surface area contributed by atoms with Crippen LogP contribution in [-0.2, 0) is 5.41 Å². The average molecular weight is 1260 g/mol. The van der Waals surface area contributed by atoms with Gasteiger partial charge in [-0.1, -0.05) is 278 Å². The van der Waals surface area contributed by atoms with Crippen LogP contribution in [0.25, 0.3) is 122 Å². The van der Waals surface area contributed by atoms with E-state index in [0.29, 0.717) is 5.92 Å². The maximum atomic E-state index is 2.56. The average Bonchev–Trinajstić information content (AvgIpc) is 1.51. The van der Waals surface area contributed by atoms with Crippen molar-refractivity contribution >= 4 is 60.7 Å². The maximum absolute atomic E-state index is 2.56. The molecule has 2 unspecified atom stereocenters. The maximum Gasteiger partial charge on any atom is 0.0725 e. The van der Waals surface area contributed by atoms with Gasteiger partial charge in [-0.2, -0.15) is 0 Å². The number of fused-ring (bicyclic) bond motifs is 16. The molecule has 3 heteroatoms. The summed E-state index contributed by atoms with van der Waals surface area (Å²) in [7, 11) is 0. The molecule has 0 saturated carbocycles. The number of para-hydroxylation sites is 4. The summed E-state index contributed by atoms with van der Waals surface area (Å²) in [5.41, 5.74) is 31.5. The summed E-state index contributed by atoms with van der Waals surface area (Å²) in [6.45, 7) is 14.3. The van der Waals surface area contributed by atoms with Gasteiger partial charge in [0.1, 0.15) is 0 Å². The molecule has 3 nitrogen and oxygen atoms in total. The van der Waals surface area contributed by atoms with E-state index in [0.717, 1.165) is 51.5 Å². The lowest BCUT2D eigenvalue weighted by molar-refractivity contribution is 0.229. The minimum atomic E-state index is -0.542. The Hall–Kier alpha value is -11.5. The summed E-state index contributed by atoms with van der Waals surface area (Å²) in [6.07, 6.45) is 1.13. The Labute approximate surface area is 574 Å². The molecule has 2 aliphatic rings. The van der Waals surface area contributed by atoms with Gasteiger partial charge in [0.15, 0.2) is 0 Å². The summed E-state index contributed by atoms with van der Waals surface area (Å²) in [5.74, 6) is 0.445. The van der Waals surface area contributed by atoms with E-state index in [9.17, 15) is 0 Å². The lowest BCUT2D eigenvalue weighted by Gasteiger charge is -2.36. The number of anilines is 3. The highest BCUT2D eigenvalue weighted by Crippen LogP contribution is 2.64. The van der Waals surface area contributed by atoms with E-state index in [4.69, 9.17) is 0 Å². The van der Waals surface area contributed by atoms with Crippen LogP contribution in [0.2, 0.25) is 0 Å². The summed E-state index contributed by atoms with van der Waals surface area (Å²) in [6, 6.07) is 123. The topological polar surface area (TPSA) is 13.1 Å². The molecule has 14 aromatic carbocycles. The molecule has 0 amide bonds. The summed E-state index contributed by atoms with van der Waals surface area (Å²) < 4.78 is 4.91. The van der Waals surface area contributed by atoms with E-state index in [-0.39, 0.29) is 10.8 Å². The van der Waals surface area contributed by atoms with Crippen LogP contribution in [0.1, 0.15) is 81.7 Å². The third-order valence-electron chi connectivity index (χ3n) is 21.3. The number of nitrogens with zero attached hydrogens (tertiary/aromatic N) is 3. The quantitative estimate of drug-likeness (QED) is 0.126. The van der Waals surface area contributed by atoms with Crippen LogP contribution in [0.4, 0.5) is 17.1 Å². The lowest BCUT2D eigenvalue weighted by Crippen LogP contribution is -2.26. The number of hydrogen-bond acceptors (Lipinski definition) is 1. The molecular weight excluding hydrogens is 1180 g/mol. The monoisotopic (exact) mass is 1260 g/mol. The van der Waals surface area contributed by atoms with E-state index in [1.807, 2.05) is 0 Å². The highest BCUT2D eigenvalue weighted by atomic mass is 15.1. The van der Waals surface area contributed by atoms with Gasteiger partial charge < -0.3 is 14.0 Å². The molecule has 98 heavy (non-hydrogen) atoms. The zero-order valence-corrected chi connectivity index (χ0v) is 56.3. The Morgan fingerprint density at radius 1 is 0.296 bits per heavy atom. The highest BCUT2D eigenvalue weighted by molar-refractivity contribution is 6.15. The SMILES string of the molecule is CC(C)(C)CC(c1ccc(-c2ccc3c(c2)C2(c4ccccc4-3)c3ccccc3-c3ccc(-c4cccc5c6cc(-c7ccc(N(c8ccc(-c9ccccc9)cc8)c8ccc9c%10ccccc%10n(-c%10ccccc%10)c9c8)cc7)ccc6n(-c6ccccc6)c45)cc32)cc1)C(C)(C)C. The van der Waals surface area contributed by atoms with E-state index in [1.165, 1.54) is 122 Å². The largest absolute Gasteiger partial charge is 0.310 e. The smallest absolute Gasteiger partial charge is 0.0725 e. The van der Waals surface area contributed by atoms with Gasteiger partial charge in [0, 0.05) is 55.5 Å². The number of hydrogen-bond donors (Lipinski definition) is 0. The van der Waals surface area contributed by atoms with Crippen LogP contribution in [0, 0.1) is 10.8 Å². The van der Waals surface area contributed by atoms with Crippen molar-refractivity contribution in [1.82, 2.24) is 9.13 Å². The first-order valence-corrected chi connectivity index (χ1v) is 34.7. The molecule has 2 aliphatic carbocycles. The predicted octanol–water partition coefficient (Wildman–Crippen LogP) is 25.9. The molecule has 0 fully saturated rings. The fourth-order valence-corrected chi connectivity index (χ4v) is 16.9. The molecule has 2 heterocycles. The second kappa shape index (κ2) is 22.8. The van der Waals surface area contributed by atoms with Crippen LogP contribution in [0.5, 0.6) is 0 Å². The molecular formula is C95H75N3. The third-order valence-corrected chi connectivity index (χ3v) is 21.3. The van der Waals surface area contributed by atoms with Crippen LogP contribution in [0.15, 0.2) is 328 Å². The lowest BCUT2D eigenvalue weighted by atomic mass is 9.69. The van der Waals surface area contributed by atoms with Gasteiger partial charge >= 0.3 is 0 Å². The van der Waals surface area contributed by atoms with Crippen LogP contribution < -0.4 is 4.90 Å². The first-order valence-electron chi connectivity index (χ1n) is 34.7. The highest BCUT2D eigenvalue weighted by Gasteiger charge is 2.52. The molecule has 18 rings (SSSR count). The zero-order chi connectivity index (χ0) is 66.0. The van der Waals surface area contributed by atoms with Gasteiger partial charge in [0.05, 0.1) is 27.5 Å². The number of rotatable bonds is 11. The van der Waals surface area contributed by atoms with E-state index in [1.54, 1.807) is 0 Å². The molecule has 0 aliphatic heterocycles. The van der Waals surface area contributed by atoms with Crippen LogP contribution in [0.3, 0.4) is 0 Å². The summed E-state index contributed by atoms with van der Waals surface area (Å²) >= 11 is 0. The fourth-order valence-electron chi connectivity index (χ4n) is 16.9. The van der Waals surface area contributed by atoms with Crippen LogP contribution >= 0.6 is 0 Å². The van der Waals surface area contributed by atoms with E-state index < -0.39 is 5.41 Å². The van der Waals surface area contributed by atoms with Crippen molar-refractivity contribution in [2.24, 2.45) is 10.8 Å². The van der Waals surface area contributed by atoms with Crippen molar-refractivity contribution in [3.05, 3.63) is 355 Å². The molecule has 2 aromatic heterocycles. The van der Waals surface area contributed by atoms with Crippen molar-refractivity contribution in [1.29, 1.82) is 0 Å². The molecule has 2 atom stereocenters. The van der Waals surface area contributed by atoms with Crippen molar-refractivity contribution in [2.75, 3.05) is 4.90 Å². The molecule has 1 spiro atoms. The molecule has 0 radical (unpaired) electrons. The van der Waals surface area contributed by atoms with Crippen molar-refractivity contribution in [3.63, 3.8) is 0 Å². The normalized spacial score (nSPS) is 14.3. The van der Waals surface area contributed by atoms with Crippen molar-refractivity contribution < 1.29 is 0 Å². The predicted molar refractivity (Wildman–Crippen MR) is 414 cm³/mol. The van der Waals surface area contributed by atoms with Crippen molar-refractivity contribution in [3.8, 4) is 78.1 Å². The zero-order valence-electron chi connectivity index (χ0n) is 56.3. The Morgan fingerprint density at radius 3 is 1.36 bits per heavy atom. The first kappa shape index (κ1) is 59.0. The Kier molecular flexibility index (Phi) is 13.7. The first-order chi connectivity index (χ1) is 47.9. The minimum absolute atomic E-state index is 0.140. The Balaban J connectivity index is 0.758. The van der Waals surface area contributed by atoms with E-state index in [2.05, 4.69) is 383 Å². The van der Waals surface area contributed by atoms with Gasteiger partial charge in [0.25, 0.3) is 0 Å². The third kappa shape index (κ3) is 9.54. The number of benzene rings is 14. The van der Waals surface area contributed by atoms with E-state index >= 15 is 0 Å². The van der Waals surface area contributed by atoms with Gasteiger partial charge in [-0.15, -0.1) is 0 Å². The second-order valence-electron chi connectivity index (χ2n) is 29.5. The van der Waals surface area contributed by atoms with Gasteiger partial charge in [-0.05, 0) is 203 Å². The van der Waals surface area contributed by atoms with Gasteiger partial charge in [0.2, 0.25) is 0 Å². The molecule has 0 N–H and O–H groups in total. The van der Waals surface area contributed by atoms with Gasteiger partial charge in [-0.3, -0.25) is 0 Å². The van der Waals surface area contributed by atoms with Crippen molar-refractivity contribution in [2.45, 2.75) is 59.3 Å². The molecule has 470 valence electrons. The Bertz CT molecular complexity index is 5750.